The van der Waals surface area contributed by atoms with Gasteiger partial charge in [-0.15, -0.1) is 0 Å². The minimum Gasteiger partial charge on any atom is -0.438 e. The summed E-state index contributed by atoms with van der Waals surface area (Å²) < 4.78 is 30.8. The Labute approximate surface area is 202 Å². The molecule has 10 heteroatoms. The molecule has 1 fully saturated rings. The van der Waals surface area contributed by atoms with Gasteiger partial charge in [0.25, 0.3) is 11.5 Å². The maximum atomic E-state index is 13.4. The molecular formula is C25H24N4O5S. The molecule has 9 nitrogen and oxygen atoms in total. The number of sulfone groups is 1. The second-order valence-corrected chi connectivity index (χ2v) is 10.9. The molecule has 0 saturated carbocycles. The Morgan fingerprint density at radius 2 is 2.03 bits per heavy atom. The molecule has 0 spiro atoms. The van der Waals surface area contributed by atoms with Gasteiger partial charge in [-0.05, 0) is 56.5 Å². The number of fused-ring (bicyclic) bond motifs is 1. The molecule has 180 valence electrons. The summed E-state index contributed by atoms with van der Waals surface area (Å²) in [7, 11) is -3.22. The van der Waals surface area contributed by atoms with Crippen molar-refractivity contribution in [3.63, 3.8) is 0 Å². The molecule has 35 heavy (non-hydrogen) atoms. The standard InChI is InChI=1S/C25H24N4O5S/c1-15-6-7-21(17(3)11-15)34-24-20(25(31)29-9-4-5-16(2)22(29)28-24)12-18(13-26)23(30)27-19-8-10-35(32,33)14-19/h4-7,9,11-12,19H,8,10,14H2,1-3H3,(H,27,30). The Morgan fingerprint density at radius 3 is 2.69 bits per heavy atom. The van der Waals surface area contributed by atoms with Crippen LogP contribution in [0.5, 0.6) is 11.6 Å². The highest BCUT2D eigenvalue weighted by atomic mass is 32.2. The van der Waals surface area contributed by atoms with Crippen LogP contribution in [-0.4, -0.2) is 41.3 Å². The van der Waals surface area contributed by atoms with Crippen LogP contribution in [0.25, 0.3) is 11.7 Å². The third kappa shape index (κ3) is 5.10. The molecule has 1 aliphatic heterocycles. The number of benzene rings is 1. The molecule has 1 atom stereocenters. The number of rotatable bonds is 5. The van der Waals surface area contributed by atoms with E-state index in [1.54, 1.807) is 18.3 Å². The summed E-state index contributed by atoms with van der Waals surface area (Å²) in [5.41, 5.74) is 2.05. The Kier molecular flexibility index (Phi) is 6.45. The number of aromatic nitrogens is 2. The van der Waals surface area contributed by atoms with Gasteiger partial charge in [0.05, 0.1) is 11.5 Å². The minimum atomic E-state index is -3.22. The number of hydrogen-bond donors (Lipinski definition) is 1. The van der Waals surface area contributed by atoms with Gasteiger partial charge in [-0.3, -0.25) is 14.0 Å². The van der Waals surface area contributed by atoms with Gasteiger partial charge in [0.15, 0.2) is 9.84 Å². The normalized spacial score (nSPS) is 17.2. The number of nitriles is 1. The summed E-state index contributed by atoms with van der Waals surface area (Å²) in [6.07, 6.45) is 2.96. The van der Waals surface area contributed by atoms with E-state index >= 15 is 0 Å². The average molecular weight is 493 g/mol. The van der Waals surface area contributed by atoms with E-state index in [0.717, 1.165) is 22.8 Å². The first-order chi connectivity index (χ1) is 16.6. The van der Waals surface area contributed by atoms with Crippen molar-refractivity contribution in [2.45, 2.75) is 33.2 Å². The Morgan fingerprint density at radius 1 is 1.26 bits per heavy atom. The van der Waals surface area contributed by atoms with Crippen LogP contribution in [0.1, 0.15) is 28.7 Å². The SMILES string of the molecule is Cc1ccc(Oc2nc3c(C)cccn3c(=O)c2C=C(C#N)C(=O)NC2CCS(=O)(=O)C2)c(C)c1. The lowest BCUT2D eigenvalue weighted by atomic mass is 10.1. The van der Waals surface area contributed by atoms with Crippen LogP contribution >= 0.6 is 0 Å². The molecule has 1 aromatic carbocycles. The summed E-state index contributed by atoms with van der Waals surface area (Å²) in [4.78, 5) is 30.7. The average Bonchev–Trinajstić information content (AvgIpc) is 3.14. The highest BCUT2D eigenvalue weighted by molar-refractivity contribution is 7.91. The molecule has 1 amide bonds. The van der Waals surface area contributed by atoms with E-state index in [4.69, 9.17) is 4.74 Å². The Balaban J connectivity index is 1.81. The summed E-state index contributed by atoms with van der Waals surface area (Å²) in [5, 5.41) is 12.2. The van der Waals surface area contributed by atoms with Gasteiger partial charge in [0, 0.05) is 12.2 Å². The van der Waals surface area contributed by atoms with Gasteiger partial charge >= 0.3 is 0 Å². The van der Waals surface area contributed by atoms with Crippen molar-refractivity contribution in [1.29, 1.82) is 5.26 Å². The lowest BCUT2D eigenvalue weighted by molar-refractivity contribution is -0.117. The van der Waals surface area contributed by atoms with Crippen LogP contribution in [0.3, 0.4) is 0 Å². The minimum absolute atomic E-state index is 0.0211. The van der Waals surface area contributed by atoms with Gasteiger partial charge in [0.2, 0.25) is 5.88 Å². The van der Waals surface area contributed by atoms with Crippen LogP contribution in [0.15, 0.2) is 46.9 Å². The molecular weight excluding hydrogens is 468 g/mol. The largest absolute Gasteiger partial charge is 0.438 e. The lowest BCUT2D eigenvalue weighted by Gasteiger charge is -2.14. The molecule has 2 aromatic heterocycles. The zero-order chi connectivity index (χ0) is 25.3. The van der Waals surface area contributed by atoms with Gasteiger partial charge in [-0.2, -0.15) is 10.2 Å². The maximum Gasteiger partial charge on any atom is 0.269 e. The molecule has 0 radical (unpaired) electrons. The van der Waals surface area contributed by atoms with E-state index in [1.807, 2.05) is 45.0 Å². The summed E-state index contributed by atoms with van der Waals surface area (Å²) >= 11 is 0. The molecule has 4 rings (SSSR count). The zero-order valence-electron chi connectivity index (χ0n) is 19.5. The summed E-state index contributed by atoms with van der Waals surface area (Å²) in [5.74, 6) is -0.527. The van der Waals surface area contributed by atoms with Crippen molar-refractivity contribution in [2.24, 2.45) is 0 Å². The second kappa shape index (κ2) is 9.35. The van der Waals surface area contributed by atoms with E-state index in [9.17, 15) is 23.3 Å². The van der Waals surface area contributed by atoms with E-state index in [1.165, 1.54) is 4.40 Å². The van der Waals surface area contributed by atoms with Gasteiger partial charge in [0.1, 0.15) is 28.6 Å². The van der Waals surface area contributed by atoms with E-state index < -0.39 is 27.3 Å². The first-order valence-electron chi connectivity index (χ1n) is 11.0. The molecule has 3 heterocycles. The Bertz CT molecular complexity index is 1580. The first-order valence-corrected chi connectivity index (χ1v) is 12.8. The number of ether oxygens (including phenoxy) is 1. The molecule has 1 unspecified atom stereocenters. The summed E-state index contributed by atoms with van der Waals surface area (Å²) in [6, 6.07) is 10.3. The third-order valence-corrected chi connectivity index (χ3v) is 7.58. The molecule has 1 N–H and O–H groups in total. The predicted octanol–water partition coefficient (Wildman–Crippen LogP) is 2.62. The van der Waals surface area contributed by atoms with Crippen molar-refractivity contribution in [3.05, 3.63) is 74.7 Å². The molecule has 0 aliphatic carbocycles. The molecule has 1 saturated heterocycles. The van der Waals surface area contributed by atoms with Crippen molar-refractivity contribution >= 4 is 27.5 Å². The van der Waals surface area contributed by atoms with Gasteiger partial charge in [-0.1, -0.05) is 23.8 Å². The fourth-order valence-corrected chi connectivity index (χ4v) is 5.65. The van der Waals surface area contributed by atoms with E-state index in [0.29, 0.717) is 11.4 Å². The van der Waals surface area contributed by atoms with Gasteiger partial charge in [-0.25, -0.2) is 8.42 Å². The van der Waals surface area contributed by atoms with Crippen LogP contribution in [-0.2, 0) is 14.6 Å². The lowest BCUT2D eigenvalue weighted by Crippen LogP contribution is -2.36. The van der Waals surface area contributed by atoms with Gasteiger partial charge < -0.3 is 10.1 Å². The van der Waals surface area contributed by atoms with Crippen LogP contribution in [0.4, 0.5) is 0 Å². The second-order valence-electron chi connectivity index (χ2n) is 8.63. The van der Waals surface area contributed by atoms with Crippen molar-refractivity contribution < 1.29 is 17.9 Å². The molecule has 0 bridgehead atoms. The monoisotopic (exact) mass is 492 g/mol. The zero-order valence-corrected chi connectivity index (χ0v) is 20.3. The number of hydrogen-bond acceptors (Lipinski definition) is 7. The van der Waals surface area contributed by atoms with Crippen molar-refractivity contribution in [1.82, 2.24) is 14.7 Å². The highest BCUT2D eigenvalue weighted by Gasteiger charge is 2.30. The number of amides is 1. The molecule has 3 aromatic rings. The van der Waals surface area contributed by atoms with Crippen molar-refractivity contribution in [2.75, 3.05) is 11.5 Å². The topological polar surface area (TPSA) is 131 Å². The predicted molar refractivity (Wildman–Crippen MR) is 131 cm³/mol. The number of carbonyl (C=O) groups is 1. The van der Waals surface area contributed by atoms with E-state index in [-0.39, 0.29) is 34.9 Å². The van der Waals surface area contributed by atoms with Crippen LogP contribution in [0, 0.1) is 32.1 Å². The Hall–Kier alpha value is -3.97. The number of carbonyl (C=O) groups excluding carboxylic acids is 1. The maximum absolute atomic E-state index is 13.4. The third-order valence-electron chi connectivity index (χ3n) is 5.81. The number of aryl methyl sites for hydroxylation is 3. The van der Waals surface area contributed by atoms with E-state index in [2.05, 4.69) is 10.3 Å². The first kappa shape index (κ1) is 24.2. The number of pyridine rings is 1. The van der Waals surface area contributed by atoms with Crippen LogP contribution in [0.2, 0.25) is 0 Å². The smallest absolute Gasteiger partial charge is 0.269 e. The quantitative estimate of drug-likeness (QED) is 0.428. The number of nitrogens with one attached hydrogen (secondary N) is 1. The van der Waals surface area contributed by atoms with Crippen LogP contribution < -0.4 is 15.6 Å². The fourth-order valence-electron chi connectivity index (χ4n) is 3.98. The highest BCUT2D eigenvalue weighted by Crippen LogP contribution is 2.28. The fraction of sp³-hybridized carbons (Fsp3) is 0.280. The number of nitrogens with zero attached hydrogens (tertiary/aromatic N) is 3. The molecule has 1 aliphatic rings. The van der Waals surface area contributed by atoms with Crippen molar-refractivity contribution in [3.8, 4) is 17.7 Å². The summed E-state index contributed by atoms with van der Waals surface area (Å²) in [6.45, 7) is 5.62.